The number of pyridine rings is 1. The highest BCUT2D eigenvalue weighted by Gasteiger charge is 2.47. The smallest absolute Gasteiger partial charge is 0.399 e. The van der Waals surface area contributed by atoms with Crippen LogP contribution >= 0.6 is 11.6 Å². The summed E-state index contributed by atoms with van der Waals surface area (Å²) in [4.78, 5) is 17.5. The Hall–Kier alpha value is -3.57. The molecule has 1 aromatic heterocycles. The Labute approximate surface area is 243 Å². The van der Waals surface area contributed by atoms with Gasteiger partial charge in [0.25, 0.3) is 5.91 Å². The first kappa shape index (κ1) is 28.5. The lowest BCUT2D eigenvalue weighted by molar-refractivity contribution is -0.151. The fraction of sp³-hybridized carbons (Fsp3) is 0.400. The van der Waals surface area contributed by atoms with Crippen molar-refractivity contribution in [3.63, 3.8) is 0 Å². The van der Waals surface area contributed by atoms with E-state index in [1.54, 1.807) is 18.2 Å². The van der Waals surface area contributed by atoms with Gasteiger partial charge in [0.2, 0.25) is 0 Å². The fourth-order valence-electron chi connectivity index (χ4n) is 4.62. The Balaban J connectivity index is 1.27. The number of ether oxygens (including phenoxy) is 3. The van der Waals surface area contributed by atoms with Crippen LogP contribution < -0.4 is 19.5 Å². The van der Waals surface area contributed by atoms with E-state index < -0.39 is 36.0 Å². The maximum atomic E-state index is 13.9. The molecule has 2 heterocycles. The van der Waals surface area contributed by atoms with Crippen molar-refractivity contribution in [1.29, 1.82) is 0 Å². The minimum atomic E-state index is -4.63. The van der Waals surface area contributed by atoms with Crippen LogP contribution in [0.3, 0.4) is 0 Å². The number of aliphatic hydroxyl groups is 1. The summed E-state index contributed by atoms with van der Waals surface area (Å²) in [7, 11) is 0. The van der Waals surface area contributed by atoms with Gasteiger partial charge in [0.1, 0.15) is 35.4 Å². The SMILES string of the molecule is CC(O)(CNC(=O)c1ccc(OC2CC2)c(OC2CC2)c1)c1cc2c(c(-c3ccc(F)c(Cl)c3)n1)OC[C@H]2C(F)(F)F. The molecule has 222 valence electrons. The number of rotatable bonds is 9. The lowest BCUT2D eigenvalue weighted by Crippen LogP contribution is -2.39. The van der Waals surface area contributed by atoms with E-state index in [9.17, 15) is 27.5 Å². The predicted octanol–water partition coefficient (Wildman–Crippen LogP) is 6.30. The number of carbonyl (C=O) groups excluding carboxylic acids is 1. The summed E-state index contributed by atoms with van der Waals surface area (Å²) in [6.45, 7) is 0.282. The van der Waals surface area contributed by atoms with Gasteiger partial charge in [-0.05, 0) is 75.1 Å². The highest BCUT2D eigenvalue weighted by Crippen LogP contribution is 2.48. The molecule has 2 aliphatic carbocycles. The van der Waals surface area contributed by atoms with Gasteiger partial charge in [-0.1, -0.05) is 11.6 Å². The lowest BCUT2D eigenvalue weighted by Gasteiger charge is -2.25. The Kier molecular flexibility index (Phi) is 7.21. The Morgan fingerprint density at radius 3 is 2.40 bits per heavy atom. The first-order valence-electron chi connectivity index (χ1n) is 13.6. The molecule has 1 unspecified atom stereocenters. The fourth-order valence-corrected chi connectivity index (χ4v) is 4.80. The molecule has 42 heavy (non-hydrogen) atoms. The molecular formula is C30H27ClF4N2O5. The van der Waals surface area contributed by atoms with E-state index >= 15 is 0 Å². The van der Waals surface area contributed by atoms with Crippen molar-refractivity contribution in [3.05, 3.63) is 70.1 Å². The van der Waals surface area contributed by atoms with E-state index in [1.807, 2.05) is 0 Å². The first-order chi connectivity index (χ1) is 19.9. The van der Waals surface area contributed by atoms with Gasteiger partial charge < -0.3 is 24.6 Å². The van der Waals surface area contributed by atoms with Crippen LogP contribution in [0.5, 0.6) is 17.2 Å². The summed E-state index contributed by atoms with van der Waals surface area (Å²) in [5, 5.41) is 13.8. The van der Waals surface area contributed by atoms with Gasteiger partial charge in [0.05, 0.1) is 29.5 Å². The zero-order chi connectivity index (χ0) is 29.8. The van der Waals surface area contributed by atoms with Crippen molar-refractivity contribution < 1.29 is 41.7 Å². The van der Waals surface area contributed by atoms with Crippen LogP contribution in [0.2, 0.25) is 5.02 Å². The molecule has 6 rings (SSSR count). The van der Waals surface area contributed by atoms with Crippen LogP contribution in [-0.4, -0.2) is 47.5 Å². The number of amides is 1. The van der Waals surface area contributed by atoms with Crippen LogP contribution in [0.1, 0.15) is 60.1 Å². The number of nitrogens with one attached hydrogen (secondary N) is 1. The summed E-state index contributed by atoms with van der Waals surface area (Å²) in [6, 6.07) is 9.56. The molecule has 7 nitrogen and oxygen atoms in total. The van der Waals surface area contributed by atoms with Crippen LogP contribution in [0.4, 0.5) is 17.6 Å². The second-order valence-electron chi connectivity index (χ2n) is 11.1. The molecule has 2 atom stereocenters. The van der Waals surface area contributed by atoms with Crippen molar-refractivity contribution in [2.45, 2.75) is 62.5 Å². The van der Waals surface area contributed by atoms with Crippen molar-refractivity contribution in [2.75, 3.05) is 13.2 Å². The van der Waals surface area contributed by atoms with Crippen molar-refractivity contribution in [2.24, 2.45) is 0 Å². The summed E-state index contributed by atoms with van der Waals surface area (Å²) in [5.41, 5.74) is -1.82. The number of hydrogen-bond acceptors (Lipinski definition) is 6. The Morgan fingerprint density at radius 1 is 1.07 bits per heavy atom. The second kappa shape index (κ2) is 10.6. The van der Waals surface area contributed by atoms with Gasteiger partial charge in [-0.25, -0.2) is 9.37 Å². The molecule has 2 N–H and O–H groups in total. The molecule has 12 heteroatoms. The van der Waals surface area contributed by atoms with Gasteiger partial charge in [-0.3, -0.25) is 4.79 Å². The molecule has 3 aliphatic rings. The Morgan fingerprint density at radius 2 is 1.76 bits per heavy atom. The number of hydrogen-bond donors (Lipinski definition) is 2. The van der Waals surface area contributed by atoms with Gasteiger partial charge >= 0.3 is 6.18 Å². The summed E-state index contributed by atoms with van der Waals surface area (Å²) in [6.07, 6.45) is -0.654. The van der Waals surface area contributed by atoms with Crippen molar-refractivity contribution >= 4 is 17.5 Å². The van der Waals surface area contributed by atoms with Crippen molar-refractivity contribution in [3.8, 4) is 28.5 Å². The van der Waals surface area contributed by atoms with Crippen LogP contribution in [0.25, 0.3) is 11.3 Å². The normalized spacial score (nSPS) is 19.5. The topological polar surface area (TPSA) is 89.9 Å². The number of aromatic nitrogens is 1. The predicted molar refractivity (Wildman–Crippen MR) is 145 cm³/mol. The largest absolute Gasteiger partial charge is 0.490 e. The maximum absolute atomic E-state index is 13.9. The lowest BCUT2D eigenvalue weighted by atomic mass is 9.93. The molecule has 2 fully saturated rings. The zero-order valence-electron chi connectivity index (χ0n) is 22.4. The minimum Gasteiger partial charge on any atom is -0.490 e. The van der Waals surface area contributed by atoms with Gasteiger partial charge in [-0.2, -0.15) is 13.2 Å². The number of carbonyl (C=O) groups is 1. The van der Waals surface area contributed by atoms with E-state index in [0.29, 0.717) is 11.5 Å². The first-order valence-corrected chi connectivity index (χ1v) is 13.9. The summed E-state index contributed by atoms with van der Waals surface area (Å²) < 4.78 is 72.7. The quantitative estimate of drug-likeness (QED) is 0.278. The maximum Gasteiger partial charge on any atom is 0.399 e. The number of halogens is 5. The Bertz CT molecular complexity index is 1540. The highest BCUT2D eigenvalue weighted by atomic mass is 35.5. The van der Waals surface area contributed by atoms with Crippen LogP contribution in [0.15, 0.2) is 42.5 Å². The van der Waals surface area contributed by atoms with Crippen molar-refractivity contribution in [1.82, 2.24) is 10.3 Å². The van der Waals surface area contributed by atoms with Gasteiger partial charge in [0.15, 0.2) is 11.5 Å². The monoisotopic (exact) mass is 606 g/mol. The average Bonchev–Trinajstić information content (AvgIpc) is 3.87. The van der Waals surface area contributed by atoms with Gasteiger partial charge in [0, 0.05) is 16.7 Å². The number of alkyl halides is 3. The molecule has 1 aliphatic heterocycles. The molecule has 2 aromatic carbocycles. The standard InChI is InChI=1S/C30H27ClF4N2O5/c1-29(39,14-36-28(38)16-3-9-23(41-17-4-5-17)24(11-16)42-18-6-7-18)25-12-19-20(30(33,34)35)13-40-27(19)26(37-25)15-2-8-22(32)21(31)10-15/h2-3,8-12,17-18,20,39H,4-7,13-14H2,1H3,(H,36,38)/t20-,29?/m1/s1. The third-order valence-electron chi connectivity index (χ3n) is 7.35. The third kappa shape index (κ3) is 5.98. The molecular weight excluding hydrogens is 580 g/mol. The number of fused-ring (bicyclic) bond motifs is 1. The molecule has 0 bridgehead atoms. The molecule has 2 saturated carbocycles. The average molecular weight is 607 g/mol. The minimum absolute atomic E-state index is 0.0316. The van der Waals surface area contributed by atoms with Crippen LogP contribution in [0, 0.1) is 5.82 Å². The molecule has 0 spiro atoms. The van der Waals surface area contributed by atoms with E-state index in [2.05, 4.69) is 10.3 Å². The van der Waals surface area contributed by atoms with E-state index in [-0.39, 0.29) is 57.6 Å². The van der Waals surface area contributed by atoms with E-state index in [4.69, 9.17) is 25.8 Å². The zero-order valence-corrected chi connectivity index (χ0v) is 23.2. The highest BCUT2D eigenvalue weighted by molar-refractivity contribution is 6.31. The molecule has 3 aromatic rings. The summed E-state index contributed by atoms with van der Waals surface area (Å²) >= 11 is 5.93. The number of nitrogens with zero attached hydrogens (tertiary/aromatic N) is 1. The number of benzene rings is 2. The summed E-state index contributed by atoms with van der Waals surface area (Å²) in [5.74, 6) is -2.31. The van der Waals surface area contributed by atoms with E-state index in [1.165, 1.54) is 19.1 Å². The second-order valence-corrected chi connectivity index (χ2v) is 11.5. The molecule has 1 amide bonds. The van der Waals surface area contributed by atoms with E-state index in [0.717, 1.165) is 37.8 Å². The third-order valence-corrected chi connectivity index (χ3v) is 7.64. The van der Waals surface area contributed by atoms with Gasteiger partial charge in [-0.15, -0.1) is 0 Å². The molecule has 0 saturated heterocycles. The van der Waals surface area contributed by atoms with Crippen LogP contribution in [-0.2, 0) is 5.60 Å². The molecule has 0 radical (unpaired) electrons.